The number of aromatic carboxylic acids is 1. The van der Waals surface area contributed by atoms with Gasteiger partial charge in [-0.1, -0.05) is 78.9 Å². The lowest BCUT2D eigenvalue weighted by atomic mass is 9.97. The van der Waals surface area contributed by atoms with Gasteiger partial charge in [-0.15, -0.1) is 0 Å². The molecule has 0 unspecified atom stereocenters. The highest BCUT2D eigenvalue weighted by Crippen LogP contribution is 2.33. The molecule has 168 valence electrons. The molecule has 5 aromatic rings. The van der Waals surface area contributed by atoms with Crippen LogP contribution in [-0.2, 0) is 6.61 Å². The molecule has 35 heavy (non-hydrogen) atoms. The first-order valence-corrected chi connectivity index (χ1v) is 11.2. The van der Waals surface area contributed by atoms with Gasteiger partial charge in [0.25, 0.3) is 0 Å². The van der Waals surface area contributed by atoms with Crippen LogP contribution in [0.5, 0.6) is 5.75 Å². The molecule has 4 heteroatoms. The van der Waals surface area contributed by atoms with E-state index in [2.05, 4.69) is 12.1 Å². The first-order valence-electron chi connectivity index (χ1n) is 11.2. The molecule has 0 aliphatic carbocycles. The topological polar surface area (TPSA) is 70.3 Å². The van der Waals surface area contributed by atoms with E-state index in [1.54, 1.807) is 24.3 Å². The van der Waals surface area contributed by atoms with Gasteiger partial charge < -0.3 is 9.84 Å². The maximum Gasteiger partial charge on any atom is 0.335 e. The molecule has 0 atom stereocenters. The Balaban J connectivity index is 1.55. The standard InChI is InChI=1S/C31H21NO3/c32-19-27(26-14-13-22-5-1-2-7-25(22)17-26)18-29-28-8-4-3-6-23(28)15-16-30(29)35-20-21-9-11-24(12-10-21)31(33)34/h1-18H,20H2,(H,33,34)/b27-18-. The maximum absolute atomic E-state index is 11.1. The minimum atomic E-state index is -0.961. The van der Waals surface area contributed by atoms with E-state index in [4.69, 9.17) is 9.84 Å². The highest BCUT2D eigenvalue weighted by molar-refractivity contribution is 6.01. The molecule has 5 rings (SSSR count). The summed E-state index contributed by atoms with van der Waals surface area (Å²) in [4.78, 5) is 11.1. The predicted octanol–water partition coefficient (Wildman–Crippen LogP) is 7.33. The molecule has 0 aliphatic heterocycles. The summed E-state index contributed by atoms with van der Waals surface area (Å²) in [5.74, 6) is -0.309. The van der Waals surface area contributed by atoms with E-state index in [0.29, 0.717) is 11.3 Å². The van der Waals surface area contributed by atoms with Crippen molar-refractivity contribution in [1.82, 2.24) is 0 Å². The van der Waals surface area contributed by atoms with Crippen LogP contribution in [0, 0.1) is 11.3 Å². The number of fused-ring (bicyclic) bond motifs is 2. The number of rotatable bonds is 6. The monoisotopic (exact) mass is 455 g/mol. The van der Waals surface area contributed by atoms with Gasteiger partial charge in [0.1, 0.15) is 12.4 Å². The quantitative estimate of drug-likeness (QED) is 0.215. The molecule has 5 aromatic carbocycles. The van der Waals surface area contributed by atoms with Gasteiger partial charge in [-0.3, -0.25) is 0 Å². The summed E-state index contributed by atoms with van der Waals surface area (Å²) in [6.45, 7) is 0.275. The van der Waals surface area contributed by atoms with E-state index < -0.39 is 5.97 Å². The van der Waals surface area contributed by atoms with Gasteiger partial charge in [-0.2, -0.15) is 5.26 Å². The minimum Gasteiger partial charge on any atom is -0.488 e. The number of hydrogen-bond acceptors (Lipinski definition) is 3. The van der Waals surface area contributed by atoms with Gasteiger partial charge >= 0.3 is 5.97 Å². The Morgan fingerprint density at radius 1 is 0.800 bits per heavy atom. The van der Waals surface area contributed by atoms with Crippen molar-refractivity contribution in [2.45, 2.75) is 6.61 Å². The smallest absolute Gasteiger partial charge is 0.335 e. The van der Waals surface area contributed by atoms with Gasteiger partial charge in [0.2, 0.25) is 0 Å². The summed E-state index contributed by atoms with van der Waals surface area (Å²) in [6, 6.07) is 35.0. The molecule has 0 aliphatic rings. The van der Waals surface area contributed by atoms with Crippen LogP contribution < -0.4 is 4.74 Å². The van der Waals surface area contributed by atoms with Crippen molar-refractivity contribution in [3.05, 3.63) is 125 Å². The Bertz CT molecular complexity index is 1630. The second kappa shape index (κ2) is 9.54. The van der Waals surface area contributed by atoms with Crippen molar-refractivity contribution in [2.24, 2.45) is 0 Å². The van der Waals surface area contributed by atoms with E-state index in [-0.39, 0.29) is 12.2 Å². The first kappa shape index (κ1) is 21.9. The Morgan fingerprint density at radius 3 is 2.20 bits per heavy atom. The summed E-state index contributed by atoms with van der Waals surface area (Å²) < 4.78 is 6.18. The number of nitriles is 1. The van der Waals surface area contributed by atoms with Gasteiger partial charge in [0.15, 0.2) is 0 Å². The van der Waals surface area contributed by atoms with Gasteiger partial charge in [-0.05, 0) is 63.0 Å². The lowest BCUT2D eigenvalue weighted by Gasteiger charge is -2.13. The van der Waals surface area contributed by atoms with E-state index >= 15 is 0 Å². The minimum absolute atomic E-state index is 0.233. The molecular weight excluding hydrogens is 434 g/mol. The average Bonchev–Trinajstić information content (AvgIpc) is 2.90. The third kappa shape index (κ3) is 4.62. The number of carboxylic acids is 1. The Labute approximate surface area is 203 Å². The molecule has 0 aromatic heterocycles. The summed E-state index contributed by atoms with van der Waals surface area (Å²) in [5, 5.41) is 23.4. The highest BCUT2D eigenvalue weighted by Gasteiger charge is 2.11. The van der Waals surface area contributed by atoms with E-state index in [1.807, 2.05) is 78.9 Å². The van der Waals surface area contributed by atoms with Crippen LogP contribution in [0.2, 0.25) is 0 Å². The second-order valence-electron chi connectivity index (χ2n) is 8.22. The fourth-order valence-electron chi connectivity index (χ4n) is 4.14. The van der Waals surface area contributed by atoms with Crippen LogP contribution in [0.15, 0.2) is 103 Å². The number of carboxylic acid groups (broad SMARTS) is 1. The van der Waals surface area contributed by atoms with Crippen molar-refractivity contribution in [2.75, 3.05) is 0 Å². The first-order chi connectivity index (χ1) is 17.1. The lowest BCUT2D eigenvalue weighted by Crippen LogP contribution is -2.00. The molecule has 0 radical (unpaired) electrons. The maximum atomic E-state index is 11.1. The van der Waals surface area contributed by atoms with Crippen molar-refractivity contribution in [1.29, 1.82) is 5.26 Å². The molecule has 1 N–H and O–H groups in total. The van der Waals surface area contributed by atoms with Crippen LogP contribution in [0.25, 0.3) is 33.2 Å². The molecule has 0 saturated carbocycles. The Hall–Kier alpha value is -4.88. The largest absolute Gasteiger partial charge is 0.488 e. The third-order valence-electron chi connectivity index (χ3n) is 6.00. The average molecular weight is 456 g/mol. The second-order valence-corrected chi connectivity index (χ2v) is 8.22. The predicted molar refractivity (Wildman–Crippen MR) is 139 cm³/mol. The van der Waals surface area contributed by atoms with Gasteiger partial charge in [0.05, 0.1) is 17.2 Å². The number of hydrogen-bond donors (Lipinski definition) is 1. The molecule has 0 fully saturated rings. The zero-order valence-electron chi connectivity index (χ0n) is 18.8. The van der Waals surface area contributed by atoms with Crippen molar-refractivity contribution in [3.8, 4) is 11.8 Å². The number of benzene rings is 5. The van der Waals surface area contributed by atoms with Gasteiger partial charge in [-0.25, -0.2) is 4.79 Å². The third-order valence-corrected chi connectivity index (χ3v) is 6.00. The number of nitrogens with zero attached hydrogens (tertiary/aromatic N) is 1. The molecule has 4 nitrogen and oxygen atoms in total. The highest BCUT2D eigenvalue weighted by atomic mass is 16.5. The van der Waals surface area contributed by atoms with Gasteiger partial charge in [0, 0.05) is 5.56 Å². The zero-order chi connectivity index (χ0) is 24.2. The molecular formula is C31H21NO3. The molecule has 0 spiro atoms. The van der Waals surface area contributed by atoms with Crippen molar-refractivity contribution in [3.63, 3.8) is 0 Å². The van der Waals surface area contributed by atoms with Crippen LogP contribution in [0.4, 0.5) is 0 Å². The SMILES string of the molecule is N#C/C(=C/c1c(OCc2ccc(C(=O)O)cc2)ccc2ccccc12)c1ccc2ccccc2c1. The van der Waals surface area contributed by atoms with E-state index in [0.717, 1.165) is 38.2 Å². The van der Waals surface area contributed by atoms with Crippen LogP contribution in [0.1, 0.15) is 27.0 Å². The van der Waals surface area contributed by atoms with Crippen molar-refractivity contribution < 1.29 is 14.6 Å². The molecule has 0 bridgehead atoms. The summed E-state index contributed by atoms with van der Waals surface area (Å²) in [7, 11) is 0. The molecule has 0 saturated heterocycles. The lowest BCUT2D eigenvalue weighted by molar-refractivity contribution is 0.0697. The normalized spacial score (nSPS) is 11.3. The molecule has 0 amide bonds. The molecule has 0 heterocycles. The zero-order valence-corrected chi connectivity index (χ0v) is 18.8. The van der Waals surface area contributed by atoms with E-state index in [1.165, 1.54) is 0 Å². The number of ether oxygens (including phenoxy) is 1. The van der Waals surface area contributed by atoms with E-state index in [9.17, 15) is 10.1 Å². The van der Waals surface area contributed by atoms with Crippen LogP contribution >= 0.6 is 0 Å². The summed E-state index contributed by atoms with van der Waals surface area (Å²) in [6.07, 6.45) is 1.88. The van der Waals surface area contributed by atoms with Crippen LogP contribution in [-0.4, -0.2) is 11.1 Å². The summed E-state index contributed by atoms with van der Waals surface area (Å²) >= 11 is 0. The fraction of sp³-hybridized carbons (Fsp3) is 0.0323. The number of carbonyl (C=O) groups is 1. The Morgan fingerprint density at radius 2 is 1.46 bits per heavy atom. The van der Waals surface area contributed by atoms with Crippen molar-refractivity contribution >= 4 is 39.2 Å². The number of allylic oxidation sites excluding steroid dienone is 1. The fourth-order valence-corrected chi connectivity index (χ4v) is 4.14. The van der Waals surface area contributed by atoms with Crippen LogP contribution in [0.3, 0.4) is 0 Å². The Kier molecular flexibility index (Phi) is 5.98. The summed E-state index contributed by atoms with van der Waals surface area (Å²) in [5.41, 5.74) is 3.30.